The predicted molar refractivity (Wildman–Crippen MR) is 92.6 cm³/mol. The molecule has 0 saturated carbocycles. The summed E-state index contributed by atoms with van der Waals surface area (Å²) in [7, 11) is 0. The van der Waals surface area contributed by atoms with E-state index in [4.69, 9.17) is 9.47 Å². The first-order chi connectivity index (χ1) is 12.3. The third kappa shape index (κ3) is 3.38. The van der Waals surface area contributed by atoms with Gasteiger partial charge in [0, 0.05) is 25.5 Å². The molecule has 0 spiro atoms. The van der Waals surface area contributed by atoms with Gasteiger partial charge in [-0.25, -0.2) is 4.79 Å². The number of amides is 2. The van der Waals surface area contributed by atoms with E-state index in [0.29, 0.717) is 19.8 Å². The number of aromatic nitrogens is 1. The molecule has 0 bridgehead atoms. The average molecular weight is 339 g/mol. The van der Waals surface area contributed by atoms with Crippen molar-refractivity contribution in [2.45, 2.75) is 25.4 Å². The summed E-state index contributed by atoms with van der Waals surface area (Å²) in [5, 5.41) is 3.02. The van der Waals surface area contributed by atoms with E-state index in [1.165, 1.54) is 0 Å². The number of fused-ring (bicyclic) bond motifs is 1. The summed E-state index contributed by atoms with van der Waals surface area (Å²) in [4.78, 5) is 18.6. The van der Waals surface area contributed by atoms with Crippen LogP contribution in [0.15, 0.2) is 42.7 Å². The molecule has 2 amide bonds. The van der Waals surface area contributed by atoms with Crippen molar-refractivity contribution in [1.82, 2.24) is 15.2 Å². The van der Waals surface area contributed by atoms with Crippen molar-refractivity contribution < 1.29 is 14.3 Å². The molecular weight excluding hydrogens is 318 g/mol. The number of nitrogens with zero attached hydrogens (tertiary/aromatic N) is 2. The SMILES string of the molecule is O=C(NCc1ccc2c(c1)OCCO2)N1CCC[C@@H]1c1ccncc1. The number of nitrogens with one attached hydrogen (secondary N) is 1. The van der Waals surface area contributed by atoms with Crippen LogP contribution in [0.1, 0.15) is 30.0 Å². The van der Waals surface area contributed by atoms with E-state index in [9.17, 15) is 4.79 Å². The lowest BCUT2D eigenvalue weighted by Crippen LogP contribution is -2.39. The number of hydrogen-bond donors (Lipinski definition) is 1. The largest absolute Gasteiger partial charge is 0.486 e. The lowest BCUT2D eigenvalue weighted by Gasteiger charge is -2.25. The van der Waals surface area contributed by atoms with Gasteiger partial charge in [0.1, 0.15) is 13.2 Å². The Hall–Kier alpha value is -2.76. The van der Waals surface area contributed by atoms with E-state index in [-0.39, 0.29) is 12.1 Å². The molecule has 6 heteroatoms. The molecule has 2 aliphatic rings. The molecule has 130 valence electrons. The quantitative estimate of drug-likeness (QED) is 0.934. The Kier molecular flexibility index (Phi) is 4.41. The van der Waals surface area contributed by atoms with Crippen LogP contribution in [0.3, 0.4) is 0 Å². The summed E-state index contributed by atoms with van der Waals surface area (Å²) in [5.41, 5.74) is 2.14. The van der Waals surface area contributed by atoms with Gasteiger partial charge < -0.3 is 19.7 Å². The standard InChI is InChI=1S/C19H21N3O3/c23-19(22-9-1-2-16(22)15-5-7-20-8-6-15)21-13-14-3-4-17-18(12-14)25-11-10-24-17/h3-8,12,16H,1-2,9-11,13H2,(H,21,23)/t16-/m1/s1. The number of urea groups is 1. The van der Waals surface area contributed by atoms with E-state index in [1.807, 2.05) is 35.2 Å². The minimum absolute atomic E-state index is 0.0331. The third-order valence-corrected chi connectivity index (χ3v) is 4.65. The van der Waals surface area contributed by atoms with Crippen LogP contribution in [0.4, 0.5) is 4.79 Å². The third-order valence-electron chi connectivity index (χ3n) is 4.65. The molecule has 1 fully saturated rings. The van der Waals surface area contributed by atoms with Gasteiger partial charge in [0.05, 0.1) is 6.04 Å². The van der Waals surface area contributed by atoms with Crippen LogP contribution in [0.25, 0.3) is 0 Å². The highest BCUT2D eigenvalue weighted by molar-refractivity contribution is 5.75. The Labute approximate surface area is 146 Å². The molecule has 1 saturated heterocycles. The minimum Gasteiger partial charge on any atom is -0.486 e. The van der Waals surface area contributed by atoms with Crippen molar-refractivity contribution in [3.05, 3.63) is 53.9 Å². The smallest absolute Gasteiger partial charge is 0.318 e. The molecule has 0 aliphatic carbocycles. The number of carbonyl (C=O) groups is 1. The van der Waals surface area contributed by atoms with Gasteiger partial charge >= 0.3 is 6.03 Å². The Morgan fingerprint density at radius 1 is 1.16 bits per heavy atom. The molecule has 1 atom stereocenters. The van der Waals surface area contributed by atoms with Gasteiger partial charge in [-0.15, -0.1) is 0 Å². The van der Waals surface area contributed by atoms with E-state index in [2.05, 4.69) is 10.3 Å². The summed E-state index contributed by atoms with van der Waals surface area (Å²) in [6.07, 6.45) is 5.56. The van der Waals surface area contributed by atoms with Gasteiger partial charge in [-0.2, -0.15) is 0 Å². The van der Waals surface area contributed by atoms with Gasteiger partial charge in [0.2, 0.25) is 0 Å². The van der Waals surface area contributed by atoms with E-state index in [0.717, 1.165) is 42.0 Å². The van der Waals surface area contributed by atoms with Crippen LogP contribution in [0, 0.1) is 0 Å². The van der Waals surface area contributed by atoms with Crippen LogP contribution in [0.5, 0.6) is 11.5 Å². The zero-order valence-corrected chi connectivity index (χ0v) is 14.0. The summed E-state index contributed by atoms with van der Waals surface area (Å²) in [6, 6.07) is 9.84. The molecule has 0 unspecified atom stereocenters. The molecule has 0 radical (unpaired) electrons. The number of likely N-dealkylation sites (tertiary alicyclic amines) is 1. The molecule has 2 aromatic rings. The number of pyridine rings is 1. The number of rotatable bonds is 3. The summed E-state index contributed by atoms with van der Waals surface area (Å²) < 4.78 is 11.1. The number of ether oxygens (including phenoxy) is 2. The van der Waals surface area contributed by atoms with Crippen molar-refractivity contribution >= 4 is 6.03 Å². The fourth-order valence-electron chi connectivity index (χ4n) is 3.42. The zero-order chi connectivity index (χ0) is 17.1. The Morgan fingerprint density at radius 2 is 1.96 bits per heavy atom. The topological polar surface area (TPSA) is 63.7 Å². The lowest BCUT2D eigenvalue weighted by molar-refractivity contribution is 0.171. The normalized spacial score (nSPS) is 18.9. The molecule has 2 aliphatic heterocycles. The number of hydrogen-bond acceptors (Lipinski definition) is 4. The lowest BCUT2D eigenvalue weighted by atomic mass is 10.1. The van der Waals surface area contributed by atoms with Crippen molar-refractivity contribution in [1.29, 1.82) is 0 Å². The second-order valence-corrected chi connectivity index (χ2v) is 6.27. The Bertz CT molecular complexity index is 751. The molecule has 4 rings (SSSR count). The summed E-state index contributed by atoms with van der Waals surface area (Å²) >= 11 is 0. The maximum Gasteiger partial charge on any atom is 0.318 e. The molecular formula is C19H21N3O3. The van der Waals surface area contributed by atoms with Crippen LogP contribution in [0.2, 0.25) is 0 Å². The fraction of sp³-hybridized carbons (Fsp3) is 0.368. The second kappa shape index (κ2) is 7.01. The summed E-state index contributed by atoms with van der Waals surface area (Å²) in [6.45, 7) is 2.38. The Morgan fingerprint density at radius 3 is 2.80 bits per heavy atom. The highest BCUT2D eigenvalue weighted by atomic mass is 16.6. The molecule has 1 N–H and O–H groups in total. The Balaban J connectivity index is 1.40. The maximum absolute atomic E-state index is 12.6. The van der Waals surface area contributed by atoms with Crippen molar-refractivity contribution in [2.24, 2.45) is 0 Å². The van der Waals surface area contributed by atoms with E-state index < -0.39 is 0 Å². The average Bonchev–Trinajstić information content (AvgIpc) is 3.16. The van der Waals surface area contributed by atoms with E-state index >= 15 is 0 Å². The first-order valence-corrected chi connectivity index (χ1v) is 8.64. The first-order valence-electron chi connectivity index (χ1n) is 8.64. The predicted octanol–water partition coefficient (Wildman–Crippen LogP) is 2.90. The number of carbonyl (C=O) groups excluding carboxylic acids is 1. The van der Waals surface area contributed by atoms with Crippen LogP contribution < -0.4 is 14.8 Å². The first kappa shape index (κ1) is 15.7. The van der Waals surface area contributed by atoms with Gasteiger partial charge in [-0.3, -0.25) is 4.98 Å². The molecule has 1 aromatic heterocycles. The number of benzene rings is 1. The van der Waals surface area contributed by atoms with Gasteiger partial charge in [-0.1, -0.05) is 6.07 Å². The summed E-state index contributed by atoms with van der Waals surface area (Å²) in [5.74, 6) is 1.51. The second-order valence-electron chi connectivity index (χ2n) is 6.27. The van der Waals surface area contributed by atoms with Crippen LogP contribution in [-0.2, 0) is 6.54 Å². The van der Waals surface area contributed by atoms with Crippen LogP contribution >= 0.6 is 0 Å². The van der Waals surface area contributed by atoms with Crippen LogP contribution in [-0.4, -0.2) is 35.7 Å². The molecule has 1 aromatic carbocycles. The minimum atomic E-state index is -0.0331. The highest BCUT2D eigenvalue weighted by Gasteiger charge is 2.29. The van der Waals surface area contributed by atoms with Gasteiger partial charge in [0.15, 0.2) is 11.5 Å². The maximum atomic E-state index is 12.6. The zero-order valence-electron chi connectivity index (χ0n) is 14.0. The molecule has 25 heavy (non-hydrogen) atoms. The van der Waals surface area contributed by atoms with Crippen molar-refractivity contribution in [2.75, 3.05) is 19.8 Å². The van der Waals surface area contributed by atoms with Gasteiger partial charge in [-0.05, 0) is 48.2 Å². The van der Waals surface area contributed by atoms with E-state index in [1.54, 1.807) is 12.4 Å². The molecule has 3 heterocycles. The monoisotopic (exact) mass is 339 g/mol. The molecule has 6 nitrogen and oxygen atoms in total. The van der Waals surface area contributed by atoms with Crippen molar-refractivity contribution in [3.8, 4) is 11.5 Å². The fourth-order valence-corrected chi connectivity index (χ4v) is 3.42. The van der Waals surface area contributed by atoms with Gasteiger partial charge in [0.25, 0.3) is 0 Å². The van der Waals surface area contributed by atoms with Crippen molar-refractivity contribution in [3.63, 3.8) is 0 Å². The highest BCUT2D eigenvalue weighted by Crippen LogP contribution is 2.32.